The standard InChI is InChI=1S/C15H20O2Si2/c1-15(2,9-3-5-10(16)6-4-9)11-7-8-12(17)14(19)13(11)18/h3-8,16-17H,1-2,18-19H3. The fourth-order valence-corrected chi connectivity index (χ4v) is 4.00. The van der Waals surface area contributed by atoms with Crippen LogP contribution in [-0.2, 0) is 5.41 Å². The maximum absolute atomic E-state index is 9.82. The molecule has 2 nitrogen and oxygen atoms in total. The fraction of sp³-hybridized carbons (Fsp3) is 0.200. The minimum absolute atomic E-state index is 0.113. The Bertz CT molecular complexity index is 604. The summed E-state index contributed by atoms with van der Waals surface area (Å²) in [5, 5.41) is 21.7. The zero-order valence-corrected chi connectivity index (χ0v) is 15.9. The molecule has 2 N–H and O–H groups in total. The molecule has 0 amide bonds. The first kappa shape index (κ1) is 13.9. The van der Waals surface area contributed by atoms with Crippen LogP contribution in [0.1, 0.15) is 25.0 Å². The van der Waals surface area contributed by atoms with E-state index in [1.165, 1.54) is 16.3 Å². The van der Waals surface area contributed by atoms with Crippen LogP contribution in [0.15, 0.2) is 36.4 Å². The van der Waals surface area contributed by atoms with Crippen molar-refractivity contribution in [3.8, 4) is 11.5 Å². The summed E-state index contributed by atoms with van der Waals surface area (Å²) in [5.41, 5.74) is 2.35. The average molecular weight is 288 g/mol. The molecule has 0 aliphatic heterocycles. The lowest BCUT2D eigenvalue weighted by Gasteiger charge is -2.29. The third kappa shape index (κ3) is 2.46. The Morgan fingerprint density at radius 1 is 0.842 bits per heavy atom. The van der Waals surface area contributed by atoms with Crippen LogP contribution in [0.2, 0.25) is 0 Å². The summed E-state index contributed by atoms with van der Waals surface area (Å²) in [6.45, 7) is 4.38. The van der Waals surface area contributed by atoms with Crippen LogP contribution in [0.25, 0.3) is 0 Å². The highest BCUT2D eigenvalue weighted by molar-refractivity contribution is 6.50. The number of hydrogen-bond donors (Lipinski definition) is 2. The molecule has 0 saturated heterocycles. The Balaban J connectivity index is 2.56. The second kappa shape index (κ2) is 4.87. The first-order valence-electron chi connectivity index (χ1n) is 6.43. The van der Waals surface area contributed by atoms with E-state index < -0.39 is 0 Å². The van der Waals surface area contributed by atoms with Gasteiger partial charge in [-0.15, -0.1) is 0 Å². The minimum atomic E-state index is -0.113. The third-order valence-corrected chi connectivity index (χ3v) is 7.57. The molecule has 0 aromatic heterocycles. The van der Waals surface area contributed by atoms with Gasteiger partial charge in [-0.05, 0) is 34.5 Å². The maximum Gasteiger partial charge on any atom is 0.115 e. The van der Waals surface area contributed by atoms with Crippen molar-refractivity contribution in [1.29, 1.82) is 0 Å². The normalized spacial score (nSPS) is 11.9. The summed E-state index contributed by atoms with van der Waals surface area (Å²) in [6.07, 6.45) is 0. The first-order chi connectivity index (χ1) is 8.84. The molecular formula is C15H20O2Si2. The second-order valence-corrected chi connectivity index (χ2v) is 7.55. The molecule has 0 saturated carbocycles. The van der Waals surface area contributed by atoms with Crippen LogP contribution in [0, 0.1) is 0 Å². The van der Waals surface area contributed by atoms with Gasteiger partial charge >= 0.3 is 0 Å². The summed E-state index contributed by atoms with van der Waals surface area (Å²) in [4.78, 5) is 0. The van der Waals surface area contributed by atoms with E-state index >= 15 is 0 Å². The van der Waals surface area contributed by atoms with E-state index in [1.54, 1.807) is 18.2 Å². The van der Waals surface area contributed by atoms with Gasteiger partial charge in [0.25, 0.3) is 0 Å². The van der Waals surface area contributed by atoms with E-state index in [2.05, 4.69) is 13.8 Å². The second-order valence-electron chi connectivity index (χ2n) is 5.55. The van der Waals surface area contributed by atoms with Crippen molar-refractivity contribution in [1.82, 2.24) is 0 Å². The molecule has 0 spiro atoms. The van der Waals surface area contributed by atoms with Gasteiger partial charge in [0, 0.05) is 25.9 Å². The molecule has 0 aliphatic carbocycles. The Kier molecular flexibility index (Phi) is 3.56. The molecule has 2 aromatic rings. The predicted octanol–water partition coefficient (Wildman–Crippen LogP) is -0.595. The number of benzene rings is 2. The average Bonchev–Trinajstić information content (AvgIpc) is 2.36. The van der Waals surface area contributed by atoms with E-state index in [9.17, 15) is 10.2 Å². The van der Waals surface area contributed by atoms with Crippen molar-refractivity contribution < 1.29 is 10.2 Å². The van der Waals surface area contributed by atoms with E-state index in [0.717, 1.165) is 25.7 Å². The molecule has 0 bridgehead atoms. The number of phenolic OH excluding ortho intramolecular Hbond substituents is 2. The number of rotatable bonds is 2. The van der Waals surface area contributed by atoms with Crippen LogP contribution in [0.3, 0.4) is 0 Å². The van der Waals surface area contributed by atoms with Crippen molar-refractivity contribution in [2.24, 2.45) is 0 Å². The van der Waals surface area contributed by atoms with Gasteiger partial charge in [0.15, 0.2) is 0 Å². The van der Waals surface area contributed by atoms with Crippen molar-refractivity contribution >= 4 is 30.9 Å². The quantitative estimate of drug-likeness (QED) is 0.725. The van der Waals surface area contributed by atoms with Gasteiger partial charge in [-0.2, -0.15) is 0 Å². The Labute approximate surface area is 120 Å². The molecule has 0 fully saturated rings. The summed E-state index contributed by atoms with van der Waals surface area (Å²) >= 11 is 0. The van der Waals surface area contributed by atoms with E-state index in [0.29, 0.717) is 11.5 Å². The highest BCUT2D eigenvalue weighted by Crippen LogP contribution is 2.31. The molecule has 0 atom stereocenters. The van der Waals surface area contributed by atoms with Crippen LogP contribution in [0.5, 0.6) is 11.5 Å². The largest absolute Gasteiger partial charge is 0.508 e. The maximum atomic E-state index is 9.82. The first-order valence-corrected chi connectivity index (χ1v) is 8.43. The monoisotopic (exact) mass is 288 g/mol. The van der Waals surface area contributed by atoms with Crippen LogP contribution in [0.4, 0.5) is 0 Å². The van der Waals surface area contributed by atoms with E-state index in [4.69, 9.17) is 0 Å². The molecule has 0 radical (unpaired) electrons. The van der Waals surface area contributed by atoms with Crippen molar-refractivity contribution in [2.45, 2.75) is 19.3 Å². The zero-order chi connectivity index (χ0) is 14.2. The highest BCUT2D eigenvalue weighted by Gasteiger charge is 2.25. The molecule has 4 heteroatoms. The van der Waals surface area contributed by atoms with Crippen molar-refractivity contribution in [3.05, 3.63) is 47.5 Å². The van der Waals surface area contributed by atoms with Crippen molar-refractivity contribution in [2.75, 3.05) is 0 Å². The van der Waals surface area contributed by atoms with Gasteiger partial charge in [-0.1, -0.05) is 37.2 Å². The minimum Gasteiger partial charge on any atom is -0.508 e. The zero-order valence-electron chi connectivity index (χ0n) is 11.9. The van der Waals surface area contributed by atoms with E-state index in [1.807, 2.05) is 18.2 Å². The molecule has 0 aliphatic rings. The molecule has 19 heavy (non-hydrogen) atoms. The lowest BCUT2D eigenvalue weighted by molar-refractivity contribution is 0.474. The number of phenols is 2. The number of aromatic hydroxyl groups is 2. The Morgan fingerprint density at radius 2 is 1.42 bits per heavy atom. The van der Waals surface area contributed by atoms with Gasteiger partial charge in [0.1, 0.15) is 11.5 Å². The highest BCUT2D eigenvalue weighted by atomic mass is 28.2. The Morgan fingerprint density at radius 3 is 2.00 bits per heavy atom. The smallest absolute Gasteiger partial charge is 0.115 e. The molecule has 0 heterocycles. The van der Waals surface area contributed by atoms with Gasteiger partial charge in [-0.3, -0.25) is 0 Å². The van der Waals surface area contributed by atoms with Gasteiger partial charge in [-0.25, -0.2) is 0 Å². The molecule has 0 unspecified atom stereocenters. The SMILES string of the molecule is CC(C)(c1ccc(O)cc1)c1ccc(O)c([SiH3])c1[SiH3]. The van der Waals surface area contributed by atoms with Gasteiger partial charge in [0.2, 0.25) is 0 Å². The Hall–Kier alpha value is -1.53. The van der Waals surface area contributed by atoms with E-state index in [-0.39, 0.29) is 5.41 Å². The lowest BCUT2D eigenvalue weighted by Crippen LogP contribution is -2.36. The fourth-order valence-electron chi connectivity index (χ4n) is 2.52. The summed E-state index contributed by atoms with van der Waals surface area (Å²) in [6, 6.07) is 11.2. The van der Waals surface area contributed by atoms with Crippen LogP contribution < -0.4 is 10.4 Å². The lowest BCUT2D eigenvalue weighted by atomic mass is 9.78. The molecular weight excluding hydrogens is 268 g/mol. The number of hydrogen-bond acceptors (Lipinski definition) is 2. The van der Waals surface area contributed by atoms with Crippen molar-refractivity contribution in [3.63, 3.8) is 0 Å². The van der Waals surface area contributed by atoms with Gasteiger partial charge in [0.05, 0.1) is 0 Å². The third-order valence-electron chi connectivity index (χ3n) is 4.02. The topological polar surface area (TPSA) is 40.5 Å². The molecule has 2 aromatic carbocycles. The summed E-state index contributed by atoms with van der Waals surface area (Å²) in [5.74, 6) is 0.724. The summed E-state index contributed by atoms with van der Waals surface area (Å²) in [7, 11) is 1.80. The summed E-state index contributed by atoms with van der Waals surface area (Å²) < 4.78 is 0. The molecule has 2 rings (SSSR count). The van der Waals surface area contributed by atoms with Crippen LogP contribution in [-0.4, -0.2) is 30.7 Å². The van der Waals surface area contributed by atoms with Gasteiger partial charge < -0.3 is 10.2 Å². The van der Waals surface area contributed by atoms with Crippen LogP contribution >= 0.6 is 0 Å². The predicted molar refractivity (Wildman–Crippen MR) is 87.5 cm³/mol. The molecule has 100 valence electrons.